The van der Waals surface area contributed by atoms with Crippen LogP contribution in [0.1, 0.15) is 16.7 Å². The van der Waals surface area contributed by atoms with Crippen molar-refractivity contribution in [2.24, 2.45) is 0 Å². The zero-order valence-corrected chi connectivity index (χ0v) is 16.6. The van der Waals surface area contributed by atoms with Crippen molar-refractivity contribution in [3.8, 4) is 5.75 Å². The summed E-state index contributed by atoms with van der Waals surface area (Å²) in [5.41, 5.74) is 3.18. The third kappa shape index (κ3) is 6.14. The molecule has 0 saturated heterocycles. The zero-order chi connectivity index (χ0) is 18.2. The van der Waals surface area contributed by atoms with Gasteiger partial charge in [-0.2, -0.15) is 0 Å². The molecule has 0 unspecified atom stereocenters. The monoisotopic (exact) mass is 397 g/mol. The van der Waals surface area contributed by atoms with Crippen molar-refractivity contribution < 1.29 is 9.53 Å². The minimum absolute atomic E-state index is 0.0299. The van der Waals surface area contributed by atoms with Crippen LogP contribution in [0.3, 0.4) is 0 Å². The third-order valence-corrected chi connectivity index (χ3v) is 5.45. The van der Waals surface area contributed by atoms with E-state index in [0.29, 0.717) is 34.7 Å². The van der Waals surface area contributed by atoms with Crippen molar-refractivity contribution in [2.45, 2.75) is 19.6 Å². The number of thioether (sulfide) groups is 1. The number of nitrogens with one attached hydrogen (secondary N) is 1. The van der Waals surface area contributed by atoms with Crippen molar-refractivity contribution in [3.63, 3.8) is 0 Å². The summed E-state index contributed by atoms with van der Waals surface area (Å²) in [6.45, 7) is 4.99. The van der Waals surface area contributed by atoms with E-state index < -0.39 is 0 Å². The van der Waals surface area contributed by atoms with Crippen LogP contribution < -0.4 is 10.1 Å². The molecule has 134 valence electrons. The summed E-state index contributed by atoms with van der Waals surface area (Å²) in [7, 11) is 0. The molecule has 2 rings (SSSR count). The van der Waals surface area contributed by atoms with Gasteiger partial charge in [-0.15, -0.1) is 11.8 Å². The highest BCUT2D eigenvalue weighted by Crippen LogP contribution is 2.28. The Labute approximate surface area is 163 Å². The first-order valence-electron chi connectivity index (χ1n) is 7.95. The molecule has 0 aliphatic heterocycles. The highest BCUT2D eigenvalue weighted by atomic mass is 35.5. The maximum atomic E-state index is 11.9. The second-order valence-corrected chi connectivity index (χ2v) is 7.39. The summed E-state index contributed by atoms with van der Waals surface area (Å²) in [5, 5.41) is 4.11. The summed E-state index contributed by atoms with van der Waals surface area (Å²) in [6.07, 6.45) is 0. The molecule has 0 fully saturated rings. The van der Waals surface area contributed by atoms with E-state index in [1.807, 2.05) is 38.1 Å². The van der Waals surface area contributed by atoms with Crippen LogP contribution in [0.15, 0.2) is 36.4 Å². The maximum absolute atomic E-state index is 11.9. The Morgan fingerprint density at radius 2 is 1.80 bits per heavy atom. The predicted octanol–water partition coefficient (Wildman–Crippen LogP) is 5.04. The molecule has 0 heterocycles. The lowest BCUT2D eigenvalue weighted by Gasteiger charge is -2.11. The van der Waals surface area contributed by atoms with Gasteiger partial charge in [0.15, 0.2) is 0 Å². The summed E-state index contributed by atoms with van der Waals surface area (Å²) in [5.74, 6) is 1.78. The van der Waals surface area contributed by atoms with Gasteiger partial charge in [-0.25, -0.2) is 0 Å². The first-order chi connectivity index (χ1) is 12.0. The number of halogens is 2. The van der Waals surface area contributed by atoms with E-state index in [-0.39, 0.29) is 5.91 Å². The summed E-state index contributed by atoms with van der Waals surface area (Å²) in [6, 6.07) is 11.4. The van der Waals surface area contributed by atoms with Gasteiger partial charge >= 0.3 is 0 Å². The number of benzene rings is 2. The van der Waals surface area contributed by atoms with Crippen LogP contribution in [0.25, 0.3) is 0 Å². The molecule has 0 saturated carbocycles. The normalized spacial score (nSPS) is 10.6. The smallest absolute Gasteiger partial charge is 0.230 e. The lowest BCUT2D eigenvalue weighted by Crippen LogP contribution is -2.29. The number of rotatable bonds is 8. The number of hydrogen-bond acceptors (Lipinski definition) is 3. The van der Waals surface area contributed by atoms with E-state index in [9.17, 15) is 4.79 Å². The van der Waals surface area contributed by atoms with Crippen molar-refractivity contribution >= 4 is 40.9 Å². The van der Waals surface area contributed by atoms with Crippen LogP contribution in [0.2, 0.25) is 10.0 Å². The number of hydrogen-bond donors (Lipinski definition) is 1. The molecule has 3 nitrogen and oxygen atoms in total. The van der Waals surface area contributed by atoms with Crippen molar-refractivity contribution in [1.29, 1.82) is 0 Å². The molecule has 0 spiro atoms. The molecule has 1 N–H and O–H groups in total. The Kier molecular flexibility index (Phi) is 7.94. The molecule has 25 heavy (non-hydrogen) atoms. The Hall–Kier alpha value is -1.36. The van der Waals surface area contributed by atoms with Gasteiger partial charge in [0.1, 0.15) is 12.4 Å². The first-order valence-corrected chi connectivity index (χ1v) is 9.86. The van der Waals surface area contributed by atoms with Crippen LogP contribution in [0.5, 0.6) is 5.75 Å². The van der Waals surface area contributed by atoms with Gasteiger partial charge in [0.05, 0.1) is 12.3 Å². The largest absolute Gasteiger partial charge is 0.491 e. The highest BCUT2D eigenvalue weighted by Gasteiger charge is 2.08. The minimum atomic E-state index is -0.0299. The molecule has 0 atom stereocenters. The molecule has 0 aliphatic rings. The van der Waals surface area contributed by atoms with Crippen molar-refractivity contribution in [3.05, 3.63) is 63.1 Å². The number of amides is 1. The van der Waals surface area contributed by atoms with Gasteiger partial charge in [0.2, 0.25) is 5.91 Å². The summed E-state index contributed by atoms with van der Waals surface area (Å²) in [4.78, 5) is 11.9. The average Bonchev–Trinajstić information content (AvgIpc) is 2.58. The number of ether oxygens (including phenoxy) is 1. The predicted molar refractivity (Wildman–Crippen MR) is 107 cm³/mol. The Morgan fingerprint density at radius 1 is 1.12 bits per heavy atom. The first kappa shape index (κ1) is 20.0. The van der Waals surface area contributed by atoms with Crippen LogP contribution in [0.4, 0.5) is 0 Å². The number of aryl methyl sites for hydroxylation is 1. The third-order valence-electron chi connectivity index (χ3n) is 3.78. The molecule has 0 aromatic heterocycles. The number of carbonyl (C=O) groups excluding carboxylic acids is 1. The van der Waals surface area contributed by atoms with Crippen LogP contribution in [-0.2, 0) is 10.5 Å². The molecule has 0 aliphatic carbocycles. The van der Waals surface area contributed by atoms with Gasteiger partial charge in [-0.05, 0) is 48.7 Å². The maximum Gasteiger partial charge on any atom is 0.230 e. The fraction of sp³-hybridized carbons (Fsp3) is 0.316. The molecule has 6 heteroatoms. The van der Waals surface area contributed by atoms with E-state index in [0.717, 1.165) is 16.9 Å². The minimum Gasteiger partial charge on any atom is -0.491 e. The van der Waals surface area contributed by atoms with Crippen molar-refractivity contribution in [2.75, 3.05) is 18.9 Å². The number of carbonyl (C=O) groups is 1. The second-order valence-electron chi connectivity index (χ2n) is 5.59. The average molecular weight is 398 g/mol. The van der Waals surface area contributed by atoms with E-state index in [1.165, 1.54) is 17.3 Å². The molecule has 0 radical (unpaired) electrons. The lowest BCUT2D eigenvalue weighted by atomic mass is 10.1. The van der Waals surface area contributed by atoms with Gasteiger partial charge in [-0.3, -0.25) is 4.79 Å². The Bertz CT molecular complexity index is 717. The van der Waals surface area contributed by atoms with Gasteiger partial charge in [0.25, 0.3) is 0 Å². The Balaban J connectivity index is 1.67. The summed E-state index contributed by atoms with van der Waals surface area (Å²) >= 11 is 13.7. The zero-order valence-electron chi connectivity index (χ0n) is 14.3. The van der Waals surface area contributed by atoms with Gasteiger partial charge < -0.3 is 10.1 Å². The molecular weight excluding hydrogens is 377 g/mol. The fourth-order valence-electron chi connectivity index (χ4n) is 2.20. The summed E-state index contributed by atoms with van der Waals surface area (Å²) < 4.78 is 5.72. The van der Waals surface area contributed by atoms with Crippen LogP contribution >= 0.6 is 35.0 Å². The Morgan fingerprint density at radius 3 is 2.52 bits per heavy atom. The molecule has 2 aromatic rings. The van der Waals surface area contributed by atoms with E-state index in [4.69, 9.17) is 27.9 Å². The van der Waals surface area contributed by atoms with Crippen LogP contribution in [0, 0.1) is 13.8 Å². The SMILES string of the molecule is Cc1cccc(OCCNC(=O)CSCc2c(Cl)cccc2Cl)c1C. The fourth-order valence-corrected chi connectivity index (χ4v) is 3.79. The van der Waals surface area contributed by atoms with E-state index in [2.05, 4.69) is 5.32 Å². The molecule has 1 amide bonds. The standard InChI is InChI=1S/C19H21Cl2NO2S/c1-13-5-3-8-18(14(13)2)24-10-9-22-19(23)12-25-11-15-16(20)6-4-7-17(15)21/h3-8H,9-12H2,1-2H3,(H,22,23). The molecule has 2 aromatic carbocycles. The highest BCUT2D eigenvalue weighted by molar-refractivity contribution is 7.99. The van der Waals surface area contributed by atoms with Gasteiger partial charge in [-0.1, -0.05) is 41.4 Å². The van der Waals surface area contributed by atoms with Gasteiger partial charge in [0, 0.05) is 15.8 Å². The lowest BCUT2D eigenvalue weighted by molar-refractivity contribution is -0.118. The van der Waals surface area contributed by atoms with Crippen LogP contribution in [-0.4, -0.2) is 24.8 Å². The second kappa shape index (κ2) is 9.95. The van der Waals surface area contributed by atoms with Crippen molar-refractivity contribution in [1.82, 2.24) is 5.32 Å². The molecular formula is C19H21Cl2NO2S. The van der Waals surface area contributed by atoms with E-state index >= 15 is 0 Å². The quantitative estimate of drug-likeness (QED) is 0.634. The van der Waals surface area contributed by atoms with E-state index in [1.54, 1.807) is 12.1 Å². The topological polar surface area (TPSA) is 38.3 Å². The molecule has 0 bridgehead atoms.